The molecule has 88 valence electrons. The second-order valence-corrected chi connectivity index (χ2v) is 4.92. The van der Waals surface area contributed by atoms with Crippen molar-refractivity contribution in [1.29, 1.82) is 0 Å². The average molecular weight is 351 g/mol. The van der Waals surface area contributed by atoms with Gasteiger partial charge in [0, 0.05) is 28.6 Å². The first-order valence-corrected chi connectivity index (χ1v) is 6.36. The third kappa shape index (κ3) is 4.96. The van der Waals surface area contributed by atoms with E-state index in [0.717, 1.165) is 15.5 Å². The topological polar surface area (TPSA) is 67.2 Å². The van der Waals surface area contributed by atoms with Crippen molar-refractivity contribution in [2.24, 2.45) is 5.73 Å². The van der Waals surface area contributed by atoms with Crippen LogP contribution >= 0.6 is 31.9 Å². The zero-order chi connectivity index (χ0) is 12.0. The average Bonchev–Trinajstić information content (AvgIpc) is 2.22. The molecule has 0 aliphatic rings. The molecule has 1 aromatic rings. The highest BCUT2D eigenvalue weighted by atomic mass is 79.9. The molecule has 6 heteroatoms. The van der Waals surface area contributed by atoms with Crippen LogP contribution in [0.15, 0.2) is 27.1 Å². The summed E-state index contributed by atoms with van der Waals surface area (Å²) in [5, 5.41) is 5.71. The van der Waals surface area contributed by atoms with Gasteiger partial charge >= 0.3 is 6.03 Å². The quantitative estimate of drug-likeness (QED) is 0.711. The summed E-state index contributed by atoms with van der Waals surface area (Å²) in [6.07, 6.45) is 0. The van der Waals surface area contributed by atoms with Crippen molar-refractivity contribution in [1.82, 2.24) is 10.6 Å². The Labute approximate surface area is 111 Å². The fourth-order valence-electron chi connectivity index (χ4n) is 1.16. The van der Waals surface area contributed by atoms with Gasteiger partial charge in [-0.15, -0.1) is 0 Å². The molecule has 0 atom stereocenters. The summed E-state index contributed by atoms with van der Waals surface area (Å²) < 4.78 is 2.06. The standard InChI is InChI=1S/C10H13Br2N3O/c11-8-2-1-7(5-9(8)12)6-14-3-4-15-10(13)16/h1-2,5,14H,3-4,6H2,(H3,13,15,16). The van der Waals surface area contributed by atoms with Gasteiger partial charge in [-0.05, 0) is 49.6 Å². The van der Waals surface area contributed by atoms with Gasteiger partial charge in [0.2, 0.25) is 0 Å². The number of benzene rings is 1. The van der Waals surface area contributed by atoms with E-state index < -0.39 is 6.03 Å². The number of nitrogens with one attached hydrogen (secondary N) is 2. The van der Waals surface area contributed by atoms with Gasteiger partial charge in [-0.2, -0.15) is 0 Å². The minimum atomic E-state index is -0.492. The molecule has 0 aliphatic heterocycles. The largest absolute Gasteiger partial charge is 0.352 e. The van der Waals surface area contributed by atoms with Gasteiger partial charge in [-0.25, -0.2) is 4.79 Å². The van der Waals surface area contributed by atoms with E-state index in [1.165, 1.54) is 5.56 Å². The van der Waals surface area contributed by atoms with Crippen LogP contribution in [0.4, 0.5) is 4.79 Å². The van der Waals surface area contributed by atoms with E-state index >= 15 is 0 Å². The fraction of sp³-hybridized carbons (Fsp3) is 0.300. The monoisotopic (exact) mass is 349 g/mol. The number of primary amides is 1. The predicted molar refractivity (Wildman–Crippen MR) is 71.1 cm³/mol. The molecule has 0 fully saturated rings. The Bertz CT molecular complexity index is 371. The Morgan fingerprint density at radius 3 is 2.62 bits per heavy atom. The molecule has 0 heterocycles. The lowest BCUT2D eigenvalue weighted by molar-refractivity contribution is 0.249. The molecule has 2 amide bonds. The second-order valence-electron chi connectivity index (χ2n) is 3.22. The summed E-state index contributed by atoms with van der Waals surface area (Å²) in [5.41, 5.74) is 6.11. The van der Waals surface area contributed by atoms with Crippen molar-refractivity contribution in [3.63, 3.8) is 0 Å². The van der Waals surface area contributed by atoms with Gasteiger partial charge in [0.25, 0.3) is 0 Å². The molecular formula is C10H13Br2N3O. The first-order valence-electron chi connectivity index (χ1n) is 4.77. The zero-order valence-electron chi connectivity index (χ0n) is 8.59. The summed E-state index contributed by atoms with van der Waals surface area (Å²) in [4.78, 5) is 10.4. The van der Waals surface area contributed by atoms with Gasteiger partial charge in [0.1, 0.15) is 0 Å². The molecule has 0 bridgehead atoms. The summed E-state index contributed by atoms with van der Waals surface area (Å²) in [7, 11) is 0. The number of halogens is 2. The highest BCUT2D eigenvalue weighted by Gasteiger charge is 1.98. The van der Waals surface area contributed by atoms with Crippen molar-refractivity contribution in [3.8, 4) is 0 Å². The number of nitrogens with two attached hydrogens (primary N) is 1. The van der Waals surface area contributed by atoms with Gasteiger partial charge < -0.3 is 16.4 Å². The summed E-state index contributed by atoms with van der Waals surface area (Å²) in [5.74, 6) is 0. The molecule has 0 radical (unpaired) electrons. The van der Waals surface area contributed by atoms with Crippen LogP contribution in [-0.2, 0) is 6.54 Å². The van der Waals surface area contributed by atoms with Crippen LogP contribution < -0.4 is 16.4 Å². The molecule has 0 spiro atoms. The molecule has 0 aliphatic carbocycles. The molecule has 0 unspecified atom stereocenters. The summed E-state index contributed by atoms with van der Waals surface area (Å²) in [6, 6.07) is 5.57. The molecule has 0 aromatic heterocycles. The lowest BCUT2D eigenvalue weighted by atomic mass is 10.2. The number of urea groups is 1. The smallest absolute Gasteiger partial charge is 0.312 e. The number of amides is 2. The summed E-state index contributed by atoms with van der Waals surface area (Å²) >= 11 is 6.85. The number of rotatable bonds is 5. The first-order chi connectivity index (χ1) is 7.59. The van der Waals surface area contributed by atoms with E-state index in [4.69, 9.17) is 5.73 Å². The molecule has 16 heavy (non-hydrogen) atoms. The number of carbonyl (C=O) groups excluding carboxylic acids is 1. The minimum Gasteiger partial charge on any atom is -0.352 e. The van der Waals surface area contributed by atoms with Crippen LogP contribution in [0.5, 0.6) is 0 Å². The lowest BCUT2D eigenvalue weighted by Crippen LogP contribution is -2.35. The Kier molecular flexibility index (Phi) is 5.79. The Morgan fingerprint density at radius 2 is 2.00 bits per heavy atom. The predicted octanol–water partition coefficient (Wildman–Crippen LogP) is 1.97. The van der Waals surface area contributed by atoms with E-state index in [9.17, 15) is 4.79 Å². The third-order valence-corrected chi connectivity index (χ3v) is 3.79. The van der Waals surface area contributed by atoms with Crippen LogP contribution in [0.25, 0.3) is 0 Å². The minimum absolute atomic E-state index is 0.492. The lowest BCUT2D eigenvalue weighted by Gasteiger charge is -2.06. The zero-order valence-corrected chi connectivity index (χ0v) is 11.8. The van der Waals surface area contributed by atoms with Crippen molar-refractivity contribution < 1.29 is 4.79 Å². The van der Waals surface area contributed by atoms with E-state index in [1.807, 2.05) is 18.2 Å². The second kappa shape index (κ2) is 6.88. The molecule has 1 rings (SSSR count). The van der Waals surface area contributed by atoms with Gasteiger partial charge in [0.15, 0.2) is 0 Å². The first kappa shape index (κ1) is 13.5. The molecule has 0 saturated carbocycles. The SMILES string of the molecule is NC(=O)NCCNCc1ccc(Br)c(Br)c1. The van der Waals surface area contributed by atoms with Crippen LogP contribution in [0, 0.1) is 0 Å². The maximum absolute atomic E-state index is 10.4. The molecule has 4 nitrogen and oxygen atoms in total. The molecule has 4 N–H and O–H groups in total. The van der Waals surface area contributed by atoms with Gasteiger partial charge in [-0.3, -0.25) is 0 Å². The highest BCUT2D eigenvalue weighted by molar-refractivity contribution is 9.13. The highest BCUT2D eigenvalue weighted by Crippen LogP contribution is 2.23. The van der Waals surface area contributed by atoms with E-state index in [1.54, 1.807) is 0 Å². The van der Waals surface area contributed by atoms with E-state index in [0.29, 0.717) is 13.1 Å². The van der Waals surface area contributed by atoms with Crippen LogP contribution in [0.3, 0.4) is 0 Å². The third-order valence-electron chi connectivity index (χ3n) is 1.91. The number of hydrogen-bond acceptors (Lipinski definition) is 2. The van der Waals surface area contributed by atoms with Crippen LogP contribution in [-0.4, -0.2) is 19.1 Å². The van der Waals surface area contributed by atoms with E-state index in [-0.39, 0.29) is 0 Å². The van der Waals surface area contributed by atoms with Crippen LogP contribution in [0.1, 0.15) is 5.56 Å². The molecule has 1 aromatic carbocycles. The number of carbonyl (C=O) groups is 1. The van der Waals surface area contributed by atoms with Gasteiger partial charge in [-0.1, -0.05) is 6.07 Å². The Hall–Kier alpha value is -0.590. The molecular weight excluding hydrogens is 338 g/mol. The van der Waals surface area contributed by atoms with Crippen molar-refractivity contribution in [3.05, 3.63) is 32.7 Å². The van der Waals surface area contributed by atoms with Crippen molar-refractivity contribution >= 4 is 37.9 Å². The van der Waals surface area contributed by atoms with Crippen LogP contribution in [0.2, 0.25) is 0 Å². The number of hydrogen-bond donors (Lipinski definition) is 3. The Balaban J connectivity index is 2.27. The van der Waals surface area contributed by atoms with Crippen molar-refractivity contribution in [2.75, 3.05) is 13.1 Å². The molecule has 0 saturated heterocycles. The summed E-state index contributed by atoms with van der Waals surface area (Å²) in [6.45, 7) is 1.98. The fourth-order valence-corrected chi connectivity index (χ4v) is 1.83. The normalized spacial score (nSPS) is 10.1. The maximum atomic E-state index is 10.4. The van der Waals surface area contributed by atoms with Crippen molar-refractivity contribution in [2.45, 2.75) is 6.54 Å². The Morgan fingerprint density at radius 1 is 1.25 bits per heavy atom. The van der Waals surface area contributed by atoms with Gasteiger partial charge in [0.05, 0.1) is 0 Å². The maximum Gasteiger partial charge on any atom is 0.312 e. The van der Waals surface area contributed by atoms with E-state index in [2.05, 4.69) is 42.5 Å².